The first kappa shape index (κ1) is 16.6. The molecule has 0 aromatic heterocycles. The van der Waals surface area contributed by atoms with Gasteiger partial charge in [0.15, 0.2) is 5.96 Å². The molecule has 5 heteroatoms. The van der Waals surface area contributed by atoms with Crippen LogP contribution in [0.1, 0.15) is 25.0 Å². The first-order valence-corrected chi connectivity index (χ1v) is 6.95. The number of nitrogens with two attached hydrogens (primary N) is 1. The monoisotopic (exact) mass is 286 g/mol. The zero-order valence-corrected chi connectivity index (χ0v) is 12.8. The van der Waals surface area contributed by atoms with Crippen LogP contribution in [0, 0.1) is 19.3 Å². The third kappa shape index (κ3) is 4.25. The molecule has 0 bridgehead atoms. The van der Waals surface area contributed by atoms with Gasteiger partial charge in [0, 0.05) is 6.54 Å². The molecule has 2 amide bonds. The number of anilines is 1. The molecule has 0 aliphatic heterocycles. The maximum Gasteiger partial charge on any atom is 0.328 e. The van der Waals surface area contributed by atoms with Crippen molar-refractivity contribution >= 4 is 17.7 Å². The Balaban J connectivity index is 3.04. The van der Waals surface area contributed by atoms with Gasteiger partial charge in [0.1, 0.15) is 6.54 Å². The maximum atomic E-state index is 12.4. The van der Waals surface area contributed by atoms with Gasteiger partial charge in [-0.2, -0.15) is 0 Å². The number of aryl methyl sites for hydroxylation is 2. The number of hydrogen-bond donors (Lipinski definition) is 2. The summed E-state index contributed by atoms with van der Waals surface area (Å²) in [4.78, 5) is 17.9. The van der Waals surface area contributed by atoms with E-state index in [1.807, 2.05) is 32.0 Å². The highest BCUT2D eigenvalue weighted by Crippen LogP contribution is 2.25. The fourth-order valence-corrected chi connectivity index (χ4v) is 2.14. The molecule has 0 fully saturated rings. The number of para-hydroxylation sites is 1. The average Bonchev–Trinajstić information content (AvgIpc) is 2.47. The number of nitrogens with one attached hydrogen (secondary N) is 1. The fraction of sp³-hybridized carbons (Fsp3) is 0.375. The Morgan fingerprint density at radius 2 is 2.19 bits per heavy atom. The highest BCUT2D eigenvalue weighted by atomic mass is 16.2. The average molecular weight is 286 g/mol. The molecule has 0 saturated carbocycles. The van der Waals surface area contributed by atoms with Crippen molar-refractivity contribution in [2.45, 2.75) is 27.2 Å². The molecule has 1 rings (SSSR count). The molecule has 112 valence electrons. The van der Waals surface area contributed by atoms with Crippen LogP contribution in [0.15, 0.2) is 23.2 Å². The molecule has 0 heterocycles. The molecule has 5 nitrogen and oxygen atoms in total. The molecular weight excluding hydrogens is 264 g/mol. The van der Waals surface area contributed by atoms with Crippen LogP contribution >= 0.6 is 0 Å². The fourth-order valence-electron chi connectivity index (χ4n) is 2.14. The number of nitrogens with zero attached hydrogens (tertiary/aromatic N) is 2. The maximum absolute atomic E-state index is 12.4. The molecule has 0 atom stereocenters. The molecular formula is C16H22N4O. The van der Waals surface area contributed by atoms with Crippen LogP contribution in [-0.4, -0.2) is 25.1 Å². The second-order valence-corrected chi connectivity index (χ2v) is 4.52. The minimum atomic E-state index is -0.306. The van der Waals surface area contributed by atoms with E-state index >= 15 is 0 Å². The SMILES string of the molecule is C#CCN=C(N)NC(=O)N(CC)c1c(C)cccc1CC. The van der Waals surface area contributed by atoms with Gasteiger partial charge in [0.05, 0.1) is 5.69 Å². The van der Waals surface area contributed by atoms with Crippen molar-refractivity contribution in [2.75, 3.05) is 18.0 Å². The van der Waals surface area contributed by atoms with E-state index in [1.165, 1.54) is 0 Å². The largest absolute Gasteiger partial charge is 0.370 e. The molecule has 0 aliphatic carbocycles. The number of guanidine groups is 1. The lowest BCUT2D eigenvalue weighted by atomic mass is 10.0. The summed E-state index contributed by atoms with van der Waals surface area (Å²) in [5, 5.41) is 2.56. The van der Waals surface area contributed by atoms with Crippen molar-refractivity contribution in [1.82, 2.24) is 5.32 Å². The summed E-state index contributed by atoms with van der Waals surface area (Å²) in [6.07, 6.45) is 5.96. The molecule has 3 N–H and O–H groups in total. The zero-order chi connectivity index (χ0) is 15.8. The van der Waals surface area contributed by atoms with Crippen molar-refractivity contribution < 1.29 is 4.79 Å². The predicted octanol–water partition coefficient (Wildman–Crippen LogP) is 2.04. The van der Waals surface area contributed by atoms with E-state index in [4.69, 9.17) is 12.2 Å². The summed E-state index contributed by atoms with van der Waals surface area (Å²) in [7, 11) is 0. The van der Waals surface area contributed by atoms with E-state index in [0.29, 0.717) is 6.54 Å². The number of carbonyl (C=O) groups excluding carboxylic acids is 1. The van der Waals surface area contributed by atoms with Crippen LogP contribution in [0.4, 0.5) is 10.5 Å². The van der Waals surface area contributed by atoms with Crippen molar-refractivity contribution in [3.63, 3.8) is 0 Å². The van der Waals surface area contributed by atoms with Crippen LogP contribution in [-0.2, 0) is 6.42 Å². The Morgan fingerprint density at radius 1 is 1.48 bits per heavy atom. The summed E-state index contributed by atoms with van der Waals surface area (Å²) in [6, 6.07) is 5.69. The minimum Gasteiger partial charge on any atom is -0.370 e. The number of benzene rings is 1. The molecule has 0 saturated heterocycles. The van der Waals surface area contributed by atoms with Gasteiger partial charge in [-0.1, -0.05) is 31.0 Å². The molecule has 0 radical (unpaired) electrons. The molecule has 0 aliphatic rings. The van der Waals surface area contributed by atoms with Crippen LogP contribution < -0.4 is 16.0 Å². The lowest BCUT2D eigenvalue weighted by molar-refractivity contribution is 0.250. The van der Waals surface area contributed by atoms with Gasteiger partial charge in [0.2, 0.25) is 0 Å². The second kappa shape index (κ2) is 7.95. The number of urea groups is 1. The Bertz CT molecular complexity index is 572. The number of hydrogen-bond acceptors (Lipinski definition) is 2. The molecule has 0 spiro atoms. The number of carbonyl (C=O) groups is 1. The molecule has 21 heavy (non-hydrogen) atoms. The van der Waals surface area contributed by atoms with E-state index in [2.05, 4.69) is 23.2 Å². The van der Waals surface area contributed by atoms with Gasteiger partial charge in [-0.3, -0.25) is 10.2 Å². The van der Waals surface area contributed by atoms with Gasteiger partial charge in [-0.15, -0.1) is 6.42 Å². The molecule has 1 aromatic rings. The minimum absolute atomic E-state index is 0.0306. The Morgan fingerprint density at radius 3 is 2.76 bits per heavy atom. The summed E-state index contributed by atoms with van der Waals surface area (Å²) in [6.45, 7) is 6.64. The summed E-state index contributed by atoms with van der Waals surface area (Å²) >= 11 is 0. The van der Waals surface area contributed by atoms with E-state index in [0.717, 1.165) is 23.2 Å². The predicted molar refractivity (Wildman–Crippen MR) is 87.4 cm³/mol. The highest BCUT2D eigenvalue weighted by molar-refractivity contribution is 6.04. The zero-order valence-electron chi connectivity index (χ0n) is 12.8. The Labute approximate surface area is 126 Å². The van der Waals surface area contributed by atoms with Crippen LogP contribution in [0.2, 0.25) is 0 Å². The van der Waals surface area contributed by atoms with Crippen molar-refractivity contribution in [3.05, 3.63) is 29.3 Å². The first-order valence-electron chi connectivity index (χ1n) is 6.95. The number of rotatable bonds is 4. The van der Waals surface area contributed by atoms with Crippen LogP contribution in [0.3, 0.4) is 0 Å². The van der Waals surface area contributed by atoms with Crippen LogP contribution in [0.5, 0.6) is 0 Å². The van der Waals surface area contributed by atoms with Gasteiger partial charge in [-0.25, -0.2) is 9.79 Å². The van der Waals surface area contributed by atoms with E-state index in [1.54, 1.807) is 4.90 Å². The standard InChI is InChI=1S/C16H22N4O/c1-5-11-18-15(17)19-16(21)20(7-3)14-12(4)9-8-10-13(14)6-2/h1,8-10H,6-7,11H2,2-4H3,(H3,17,18,19,21). The number of terminal acetylenes is 1. The lowest BCUT2D eigenvalue weighted by Crippen LogP contribution is -2.46. The Hall–Kier alpha value is -2.48. The smallest absolute Gasteiger partial charge is 0.328 e. The van der Waals surface area contributed by atoms with Crippen molar-refractivity contribution in [3.8, 4) is 12.3 Å². The van der Waals surface area contributed by atoms with Gasteiger partial charge < -0.3 is 5.73 Å². The molecule has 0 unspecified atom stereocenters. The number of amides is 2. The third-order valence-electron chi connectivity index (χ3n) is 3.11. The van der Waals surface area contributed by atoms with E-state index < -0.39 is 0 Å². The van der Waals surface area contributed by atoms with Gasteiger partial charge in [-0.05, 0) is 31.4 Å². The molecule has 1 aromatic carbocycles. The number of aliphatic imine (C=N–C) groups is 1. The van der Waals surface area contributed by atoms with E-state index in [9.17, 15) is 4.79 Å². The second-order valence-electron chi connectivity index (χ2n) is 4.52. The lowest BCUT2D eigenvalue weighted by Gasteiger charge is -2.25. The normalized spacial score (nSPS) is 10.9. The van der Waals surface area contributed by atoms with Crippen molar-refractivity contribution in [2.24, 2.45) is 10.7 Å². The first-order chi connectivity index (χ1) is 10.0. The Kier molecular flexibility index (Phi) is 6.28. The van der Waals surface area contributed by atoms with Crippen molar-refractivity contribution in [1.29, 1.82) is 0 Å². The topological polar surface area (TPSA) is 70.7 Å². The highest BCUT2D eigenvalue weighted by Gasteiger charge is 2.19. The van der Waals surface area contributed by atoms with Gasteiger partial charge >= 0.3 is 6.03 Å². The summed E-state index contributed by atoms with van der Waals surface area (Å²) in [5.74, 6) is 2.37. The quantitative estimate of drug-likeness (QED) is 0.505. The summed E-state index contributed by atoms with van der Waals surface area (Å²) in [5.41, 5.74) is 8.72. The third-order valence-corrected chi connectivity index (χ3v) is 3.11. The van der Waals surface area contributed by atoms with E-state index in [-0.39, 0.29) is 18.5 Å². The van der Waals surface area contributed by atoms with Crippen LogP contribution in [0.25, 0.3) is 0 Å². The summed E-state index contributed by atoms with van der Waals surface area (Å²) < 4.78 is 0. The van der Waals surface area contributed by atoms with Gasteiger partial charge in [0.25, 0.3) is 0 Å².